The van der Waals surface area contributed by atoms with E-state index in [0.717, 1.165) is 30.8 Å². The van der Waals surface area contributed by atoms with Gasteiger partial charge in [-0.3, -0.25) is 0 Å². The van der Waals surface area contributed by atoms with Crippen LogP contribution in [0.5, 0.6) is 0 Å². The first-order valence-electron chi connectivity index (χ1n) is 7.34. The highest BCUT2D eigenvalue weighted by Gasteiger charge is 2.07. The van der Waals surface area contributed by atoms with Gasteiger partial charge >= 0.3 is 0 Å². The third kappa shape index (κ3) is 3.85. The Kier molecular flexibility index (Phi) is 4.67. The smallest absolute Gasteiger partial charge is 0.263 e. The number of hydrogen-bond donors (Lipinski definition) is 2. The molecule has 1 heterocycles. The van der Waals surface area contributed by atoms with Crippen molar-refractivity contribution < 1.29 is 4.52 Å². The number of anilines is 2. The molecule has 0 spiro atoms. The molecule has 0 fully saturated rings. The average Bonchev–Trinajstić information content (AvgIpc) is 3.05. The lowest BCUT2D eigenvalue weighted by molar-refractivity contribution is 0.432. The lowest BCUT2D eigenvalue weighted by Crippen LogP contribution is -2.09. The minimum absolute atomic E-state index is 0.526. The van der Waals surface area contributed by atoms with Gasteiger partial charge in [-0.2, -0.15) is 4.98 Å². The molecule has 0 amide bonds. The van der Waals surface area contributed by atoms with Gasteiger partial charge in [-0.25, -0.2) is 0 Å². The molecule has 0 unspecified atom stereocenters. The van der Waals surface area contributed by atoms with Crippen LogP contribution in [0.1, 0.15) is 6.42 Å². The first-order valence-corrected chi connectivity index (χ1v) is 7.34. The van der Waals surface area contributed by atoms with Gasteiger partial charge in [0.05, 0.1) is 0 Å². The molecular weight excluding hydrogens is 276 g/mol. The fourth-order valence-corrected chi connectivity index (χ4v) is 2.07. The zero-order valence-corrected chi connectivity index (χ0v) is 12.2. The summed E-state index contributed by atoms with van der Waals surface area (Å²) in [6.45, 7) is 1.67. The number of aromatic nitrogens is 2. The Labute approximate surface area is 129 Å². The van der Waals surface area contributed by atoms with Gasteiger partial charge in [0.1, 0.15) is 0 Å². The van der Waals surface area contributed by atoms with Gasteiger partial charge < -0.3 is 15.2 Å². The van der Waals surface area contributed by atoms with Gasteiger partial charge in [-0.1, -0.05) is 36.4 Å². The third-order valence-corrected chi connectivity index (χ3v) is 3.19. The van der Waals surface area contributed by atoms with E-state index >= 15 is 0 Å². The van der Waals surface area contributed by atoms with Crippen LogP contribution < -0.4 is 10.6 Å². The van der Waals surface area contributed by atoms with Crippen molar-refractivity contribution in [3.8, 4) is 11.5 Å². The highest BCUT2D eigenvalue weighted by molar-refractivity contribution is 5.53. The standard InChI is InChI=1S/C17H18N4O/c1-3-8-14(9-4-1)16-20-17(21-22-16)19-13-7-12-18-15-10-5-2-6-11-15/h1-6,8-11,18H,7,12-13H2,(H,19,21). The third-order valence-electron chi connectivity index (χ3n) is 3.19. The summed E-state index contributed by atoms with van der Waals surface area (Å²) in [7, 11) is 0. The summed E-state index contributed by atoms with van der Waals surface area (Å²) < 4.78 is 5.24. The maximum atomic E-state index is 5.24. The van der Waals surface area contributed by atoms with Crippen LogP contribution in [0.25, 0.3) is 11.5 Å². The van der Waals surface area contributed by atoms with Crippen molar-refractivity contribution in [2.45, 2.75) is 6.42 Å². The second-order valence-electron chi connectivity index (χ2n) is 4.86. The lowest BCUT2D eigenvalue weighted by Gasteiger charge is -2.05. The van der Waals surface area contributed by atoms with Crippen LogP contribution in [0.2, 0.25) is 0 Å². The molecule has 0 aliphatic rings. The number of benzene rings is 2. The van der Waals surface area contributed by atoms with Crippen LogP contribution in [0, 0.1) is 0 Å². The Balaban J connectivity index is 1.42. The van der Waals surface area contributed by atoms with Crippen LogP contribution >= 0.6 is 0 Å². The fraction of sp³-hybridized carbons (Fsp3) is 0.176. The van der Waals surface area contributed by atoms with Crippen molar-refractivity contribution in [1.82, 2.24) is 10.1 Å². The van der Waals surface area contributed by atoms with Gasteiger partial charge in [0.2, 0.25) is 0 Å². The molecule has 1 aromatic heterocycles. The van der Waals surface area contributed by atoms with Crippen molar-refractivity contribution >= 4 is 11.6 Å². The zero-order valence-electron chi connectivity index (χ0n) is 12.2. The van der Waals surface area contributed by atoms with Crippen LogP contribution in [0.4, 0.5) is 11.6 Å². The Morgan fingerprint density at radius 3 is 2.27 bits per heavy atom. The number of para-hydroxylation sites is 1. The summed E-state index contributed by atoms with van der Waals surface area (Å²) in [5.41, 5.74) is 2.06. The summed E-state index contributed by atoms with van der Waals surface area (Å²) in [4.78, 5) is 4.33. The highest BCUT2D eigenvalue weighted by atomic mass is 16.5. The molecule has 112 valence electrons. The molecule has 2 N–H and O–H groups in total. The summed E-state index contributed by atoms with van der Waals surface area (Å²) in [5, 5.41) is 10.5. The van der Waals surface area contributed by atoms with Crippen LogP contribution in [-0.4, -0.2) is 23.2 Å². The van der Waals surface area contributed by atoms with E-state index in [9.17, 15) is 0 Å². The molecule has 5 nitrogen and oxygen atoms in total. The van der Waals surface area contributed by atoms with Crippen molar-refractivity contribution in [1.29, 1.82) is 0 Å². The quantitative estimate of drug-likeness (QED) is 0.651. The molecule has 2 aromatic carbocycles. The van der Waals surface area contributed by atoms with Crippen molar-refractivity contribution in [3.63, 3.8) is 0 Å². The molecule has 3 rings (SSSR count). The van der Waals surface area contributed by atoms with Crippen LogP contribution in [-0.2, 0) is 0 Å². The van der Waals surface area contributed by atoms with Gasteiger partial charge in [-0.15, -0.1) is 0 Å². The molecule has 0 bridgehead atoms. The van der Waals surface area contributed by atoms with E-state index in [0.29, 0.717) is 11.8 Å². The number of nitrogens with zero attached hydrogens (tertiary/aromatic N) is 2. The minimum Gasteiger partial charge on any atom is -0.385 e. The Morgan fingerprint density at radius 2 is 1.50 bits per heavy atom. The van der Waals surface area contributed by atoms with E-state index in [-0.39, 0.29) is 0 Å². The molecule has 22 heavy (non-hydrogen) atoms. The topological polar surface area (TPSA) is 63.0 Å². The second kappa shape index (κ2) is 7.26. The van der Waals surface area contributed by atoms with Crippen molar-refractivity contribution in [3.05, 3.63) is 60.7 Å². The molecule has 0 saturated carbocycles. The summed E-state index contributed by atoms with van der Waals surface area (Å²) in [6, 6.07) is 19.9. The Morgan fingerprint density at radius 1 is 0.818 bits per heavy atom. The normalized spacial score (nSPS) is 10.4. The van der Waals surface area contributed by atoms with Gasteiger partial charge in [-0.05, 0) is 35.8 Å². The van der Waals surface area contributed by atoms with Crippen LogP contribution in [0.3, 0.4) is 0 Å². The monoisotopic (exact) mass is 294 g/mol. The molecule has 0 aliphatic carbocycles. The Hall–Kier alpha value is -2.82. The SMILES string of the molecule is c1ccc(NCCCNc2noc(-c3ccccc3)n2)cc1. The van der Waals surface area contributed by atoms with Crippen LogP contribution in [0.15, 0.2) is 65.2 Å². The average molecular weight is 294 g/mol. The number of hydrogen-bond acceptors (Lipinski definition) is 5. The fourth-order valence-electron chi connectivity index (χ4n) is 2.07. The van der Waals surface area contributed by atoms with Crippen molar-refractivity contribution in [2.24, 2.45) is 0 Å². The molecule has 3 aromatic rings. The molecule has 0 atom stereocenters. The largest absolute Gasteiger partial charge is 0.385 e. The molecule has 0 saturated heterocycles. The van der Waals surface area contributed by atoms with E-state index in [1.165, 1.54) is 0 Å². The highest BCUT2D eigenvalue weighted by Crippen LogP contribution is 2.17. The molecule has 0 radical (unpaired) electrons. The predicted molar refractivity (Wildman–Crippen MR) is 87.8 cm³/mol. The van der Waals surface area contributed by atoms with E-state index < -0.39 is 0 Å². The number of rotatable bonds is 7. The first-order chi connectivity index (χ1) is 10.9. The number of nitrogens with one attached hydrogen (secondary N) is 2. The van der Waals surface area contributed by atoms with E-state index in [1.807, 2.05) is 48.5 Å². The van der Waals surface area contributed by atoms with Crippen molar-refractivity contribution in [2.75, 3.05) is 23.7 Å². The summed E-state index contributed by atoms with van der Waals surface area (Å²) >= 11 is 0. The minimum atomic E-state index is 0.526. The summed E-state index contributed by atoms with van der Waals surface area (Å²) in [5.74, 6) is 1.06. The van der Waals surface area contributed by atoms with Gasteiger partial charge in [0, 0.05) is 24.3 Å². The molecular formula is C17H18N4O. The predicted octanol–water partition coefficient (Wildman–Crippen LogP) is 3.65. The maximum Gasteiger partial charge on any atom is 0.263 e. The lowest BCUT2D eigenvalue weighted by atomic mass is 10.2. The maximum absolute atomic E-state index is 5.24. The zero-order chi connectivity index (χ0) is 15.0. The summed E-state index contributed by atoms with van der Waals surface area (Å²) in [6.07, 6.45) is 0.962. The Bertz CT molecular complexity index is 682. The van der Waals surface area contributed by atoms with E-state index in [2.05, 4.69) is 32.9 Å². The van der Waals surface area contributed by atoms with Gasteiger partial charge in [0.15, 0.2) is 0 Å². The first kappa shape index (κ1) is 14.1. The second-order valence-corrected chi connectivity index (χ2v) is 4.86. The molecule has 5 heteroatoms. The van der Waals surface area contributed by atoms with E-state index in [1.54, 1.807) is 0 Å². The van der Waals surface area contributed by atoms with E-state index in [4.69, 9.17) is 4.52 Å². The van der Waals surface area contributed by atoms with Gasteiger partial charge in [0.25, 0.3) is 11.8 Å². The molecule has 0 aliphatic heterocycles.